The molecule has 3 atom stereocenters. The quantitative estimate of drug-likeness (QED) is 0.833. The highest BCUT2D eigenvalue weighted by atomic mass is 15.3. The molecule has 0 N–H and O–H groups in total. The molecule has 20 heavy (non-hydrogen) atoms. The zero-order valence-electron chi connectivity index (χ0n) is 12.4. The van der Waals surface area contributed by atoms with Crippen molar-refractivity contribution in [1.29, 1.82) is 0 Å². The van der Waals surface area contributed by atoms with E-state index < -0.39 is 0 Å². The average Bonchev–Trinajstić information content (AvgIpc) is 3.12. The third-order valence-electron chi connectivity index (χ3n) is 5.83. The highest BCUT2D eigenvalue weighted by molar-refractivity contribution is 5.14. The molecule has 2 nitrogen and oxygen atoms in total. The Morgan fingerprint density at radius 2 is 1.70 bits per heavy atom. The van der Waals surface area contributed by atoms with Crippen molar-refractivity contribution in [2.24, 2.45) is 11.8 Å². The molecule has 3 fully saturated rings. The first kappa shape index (κ1) is 12.8. The molecule has 1 aliphatic heterocycles. The molecule has 1 aromatic rings. The number of fused-ring (bicyclic) bond motifs is 2. The van der Waals surface area contributed by atoms with Gasteiger partial charge in [0.2, 0.25) is 0 Å². The molecule has 2 heteroatoms. The Bertz CT molecular complexity index is 436. The van der Waals surface area contributed by atoms with Crippen LogP contribution in [0.2, 0.25) is 0 Å². The van der Waals surface area contributed by atoms with Crippen LogP contribution in [0, 0.1) is 11.8 Å². The van der Waals surface area contributed by atoms with Gasteiger partial charge in [-0.3, -0.25) is 9.80 Å². The maximum Gasteiger partial charge on any atom is 0.0234 e. The van der Waals surface area contributed by atoms with Gasteiger partial charge in [0.15, 0.2) is 0 Å². The summed E-state index contributed by atoms with van der Waals surface area (Å²) in [5, 5.41) is 0. The summed E-state index contributed by atoms with van der Waals surface area (Å²) in [5.41, 5.74) is 1.46. The third kappa shape index (κ3) is 2.51. The van der Waals surface area contributed by atoms with Crippen LogP contribution in [-0.4, -0.2) is 42.0 Å². The molecule has 0 aromatic heterocycles. The second kappa shape index (κ2) is 5.50. The largest absolute Gasteiger partial charge is 0.298 e. The minimum atomic E-state index is 0.938. The normalized spacial score (nSPS) is 34.7. The van der Waals surface area contributed by atoms with E-state index in [2.05, 4.69) is 40.1 Å². The standard InChI is InChI=1S/C18H26N2/c1-2-4-15(5-3-1)14-19-8-10-20(11-9-19)18-13-16-6-7-17(18)12-16/h1-5,16-18H,6-14H2/t16-,17+,18+/m0/s1. The molecule has 0 amide bonds. The number of hydrogen-bond acceptors (Lipinski definition) is 2. The van der Waals surface area contributed by atoms with Gasteiger partial charge in [-0.1, -0.05) is 36.8 Å². The van der Waals surface area contributed by atoms with Crippen LogP contribution in [0.1, 0.15) is 31.2 Å². The number of rotatable bonds is 3. The Morgan fingerprint density at radius 1 is 0.900 bits per heavy atom. The number of piperazine rings is 1. The zero-order chi connectivity index (χ0) is 13.4. The molecule has 0 unspecified atom stereocenters. The smallest absolute Gasteiger partial charge is 0.0234 e. The Morgan fingerprint density at radius 3 is 2.35 bits per heavy atom. The minimum Gasteiger partial charge on any atom is -0.298 e. The maximum atomic E-state index is 2.81. The lowest BCUT2D eigenvalue weighted by Gasteiger charge is -2.41. The topological polar surface area (TPSA) is 6.48 Å². The zero-order valence-corrected chi connectivity index (χ0v) is 12.4. The van der Waals surface area contributed by atoms with Gasteiger partial charge in [-0.15, -0.1) is 0 Å². The summed E-state index contributed by atoms with van der Waals surface area (Å²) in [6.45, 7) is 6.22. The molecule has 108 valence electrons. The molecule has 1 heterocycles. The Hall–Kier alpha value is -0.860. The summed E-state index contributed by atoms with van der Waals surface area (Å²) in [6.07, 6.45) is 6.08. The van der Waals surface area contributed by atoms with E-state index in [0.29, 0.717) is 0 Å². The van der Waals surface area contributed by atoms with Crippen LogP contribution in [-0.2, 0) is 6.54 Å². The summed E-state index contributed by atoms with van der Waals surface area (Å²) in [7, 11) is 0. The van der Waals surface area contributed by atoms with Crippen molar-refractivity contribution in [1.82, 2.24) is 9.80 Å². The predicted molar refractivity (Wildman–Crippen MR) is 82.5 cm³/mol. The molecular formula is C18H26N2. The molecule has 2 aliphatic carbocycles. The van der Waals surface area contributed by atoms with Crippen molar-refractivity contribution in [3.8, 4) is 0 Å². The lowest BCUT2D eigenvalue weighted by molar-refractivity contribution is 0.0680. The van der Waals surface area contributed by atoms with E-state index in [9.17, 15) is 0 Å². The van der Waals surface area contributed by atoms with Gasteiger partial charge < -0.3 is 0 Å². The Balaban J connectivity index is 1.30. The van der Waals surface area contributed by atoms with Crippen LogP contribution in [0.25, 0.3) is 0 Å². The average molecular weight is 270 g/mol. The molecule has 0 radical (unpaired) electrons. The monoisotopic (exact) mass is 270 g/mol. The second-order valence-electron chi connectivity index (χ2n) is 7.04. The first-order valence-corrected chi connectivity index (χ1v) is 8.39. The van der Waals surface area contributed by atoms with Gasteiger partial charge in [-0.2, -0.15) is 0 Å². The Labute approximate surface area is 122 Å². The van der Waals surface area contributed by atoms with Crippen molar-refractivity contribution >= 4 is 0 Å². The van der Waals surface area contributed by atoms with Crippen molar-refractivity contribution < 1.29 is 0 Å². The molecule has 4 rings (SSSR count). The van der Waals surface area contributed by atoms with Gasteiger partial charge in [0.25, 0.3) is 0 Å². The lowest BCUT2D eigenvalue weighted by atomic mass is 9.93. The van der Waals surface area contributed by atoms with Crippen LogP contribution >= 0.6 is 0 Å². The molecular weight excluding hydrogens is 244 g/mol. The van der Waals surface area contributed by atoms with Crippen molar-refractivity contribution in [2.45, 2.75) is 38.3 Å². The van der Waals surface area contributed by atoms with Crippen LogP contribution in [0.15, 0.2) is 30.3 Å². The van der Waals surface area contributed by atoms with Crippen molar-refractivity contribution in [2.75, 3.05) is 26.2 Å². The second-order valence-corrected chi connectivity index (χ2v) is 7.04. The summed E-state index contributed by atoms with van der Waals surface area (Å²) in [4.78, 5) is 5.43. The Kier molecular flexibility index (Phi) is 3.53. The number of hydrogen-bond donors (Lipinski definition) is 0. The predicted octanol–water partition coefficient (Wildman–Crippen LogP) is 2.99. The molecule has 3 aliphatic rings. The lowest BCUT2D eigenvalue weighted by Crippen LogP contribution is -2.51. The van der Waals surface area contributed by atoms with E-state index in [1.165, 1.54) is 57.4 Å². The summed E-state index contributed by atoms with van der Waals surface area (Å²) >= 11 is 0. The summed E-state index contributed by atoms with van der Waals surface area (Å²) in [6, 6.07) is 11.9. The molecule has 2 bridgehead atoms. The minimum absolute atomic E-state index is 0.938. The molecule has 0 spiro atoms. The van der Waals surface area contributed by atoms with Gasteiger partial charge >= 0.3 is 0 Å². The van der Waals surface area contributed by atoms with E-state index in [4.69, 9.17) is 0 Å². The number of nitrogens with zero attached hydrogens (tertiary/aromatic N) is 2. The van der Waals surface area contributed by atoms with Crippen molar-refractivity contribution in [3.63, 3.8) is 0 Å². The van der Waals surface area contributed by atoms with E-state index in [0.717, 1.165) is 24.4 Å². The van der Waals surface area contributed by atoms with Gasteiger partial charge in [-0.05, 0) is 36.7 Å². The third-order valence-corrected chi connectivity index (χ3v) is 5.83. The number of benzene rings is 1. The summed E-state index contributed by atoms with van der Waals surface area (Å²) < 4.78 is 0. The fraction of sp³-hybridized carbons (Fsp3) is 0.667. The highest BCUT2D eigenvalue weighted by Crippen LogP contribution is 2.46. The molecule has 1 saturated heterocycles. The first-order valence-electron chi connectivity index (χ1n) is 8.39. The SMILES string of the molecule is c1ccc(CN2CCN([C@@H]3C[C@H]4CC[C@@H]3C4)CC2)cc1. The van der Waals surface area contributed by atoms with Gasteiger partial charge in [0, 0.05) is 38.8 Å². The maximum absolute atomic E-state index is 2.81. The first-order chi connectivity index (χ1) is 9.88. The van der Waals surface area contributed by atoms with Gasteiger partial charge in [0.05, 0.1) is 0 Å². The van der Waals surface area contributed by atoms with E-state index in [1.807, 2.05) is 0 Å². The van der Waals surface area contributed by atoms with E-state index >= 15 is 0 Å². The highest BCUT2D eigenvalue weighted by Gasteiger charge is 2.42. The van der Waals surface area contributed by atoms with E-state index in [-0.39, 0.29) is 0 Å². The van der Waals surface area contributed by atoms with Crippen molar-refractivity contribution in [3.05, 3.63) is 35.9 Å². The van der Waals surface area contributed by atoms with Crippen LogP contribution < -0.4 is 0 Å². The summed E-state index contributed by atoms with van der Waals surface area (Å²) in [5.74, 6) is 2.12. The van der Waals surface area contributed by atoms with Crippen LogP contribution in [0.3, 0.4) is 0 Å². The fourth-order valence-corrected chi connectivity index (χ4v) is 4.75. The molecule has 1 aromatic carbocycles. The van der Waals surface area contributed by atoms with Crippen LogP contribution in [0.4, 0.5) is 0 Å². The van der Waals surface area contributed by atoms with Gasteiger partial charge in [-0.25, -0.2) is 0 Å². The van der Waals surface area contributed by atoms with E-state index in [1.54, 1.807) is 0 Å². The fourth-order valence-electron chi connectivity index (χ4n) is 4.75. The van der Waals surface area contributed by atoms with Crippen LogP contribution in [0.5, 0.6) is 0 Å². The van der Waals surface area contributed by atoms with Gasteiger partial charge in [0.1, 0.15) is 0 Å². The molecule has 2 saturated carbocycles.